The average molecular weight is 127 g/mol. The Morgan fingerprint density at radius 2 is 2.56 bits per heavy atom. The molecule has 0 radical (unpaired) electrons. The van der Waals surface area contributed by atoms with Crippen molar-refractivity contribution in [2.75, 3.05) is 7.11 Å². The van der Waals surface area contributed by atoms with Crippen molar-refractivity contribution in [3.63, 3.8) is 0 Å². The van der Waals surface area contributed by atoms with Crippen LogP contribution in [0.3, 0.4) is 0 Å². The quantitative estimate of drug-likeness (QED) is 0.569. The van der Waals surface area contributed by atoms with E-state index in [1.165, 1.54) is 6.33 Å². The maximum atomic E-state index is 4.83. The van der Waals surface area contributed by atoms with Gasteiger partial charge in [0.1, 0.15) is 18.9 Å². The van der Waals surface area contributed by atoms with E-state index in [2.05, 4.69) is 10.1 Å². The fraction of sp³-hybridized carbons (Fsp3) is 0.600. The predicted octanol–water partition coefficient (Wildman–Crippen LogP) is 0.190. The van der Waals surface area contributed by atoms with E-state index in [1.807, 2.05) is 6.92 Å². The lowest BCUT2D eigenvalue weighted by molar-refractivity contribution is 0.118. The SMILES string of the molecule is COCn1ncnc1C. The topological polar surface area (TPSA) is 39.9 Å². The molecule has 1 aromatic rings. The maximum absolute atomic E-state index is 4.83. The van der Waals surface area contributed by atoms with Gasteiger partial charge in [0, 0.05) is 7.11 Å². The fourth-order valence-corrected chi connectivity index (χ4v) is 0.571. The van der Waals surface area contributed by atoms with Gasteiger partial charge in [0.25, 0.3) is 0 Å². The highest BCUT2D eigenvalue weighted by atomic mass is 16.5. The Balaban J connectivity index is 2.69. The fourth-order valence-electron chi connectivity index (χ4n) is 0.571. The summed E-state index contributed by atoms with van der Waals surface area (Å²) in [7, 11) is 1.63. The first-order valence-electron chi connectivity index (χ1n) is 2.68. The van der Waals surface area contributed by atoms with Gasteiger partial charge in [-0.2, -0.15) is 5.10 Å². The first kappa shape index (κ1) is 6.22. The van der Waals surface area contributed by atoms with Gasteiger partial charge in [0.15, 0.2) is 0 Å². The van der Waals surface area contributed by atoms with Crippen molar-refractivity contribution >= 4 is 0 Å². The molecule has 1 aromatic heterocycles. The van der Waals surface area contributed by atoms with Gasteiger partial charge in [-0.15, -0.1) is 0 Å². The highest BCUT2D eigenvalue weighted by molar-refractivity contribution is 4.76. The molecule has 0 saturated heterocycles. The molecule has 50 valence electrons. The van der Waals surface area contributed by atoms with E-state index in [9.17, 15) is 0 Å². The van der Waals surface area contributed by atoms with E-state index >= 15 is 0 Å². The number of aryl methyl sites for hydroxylation is 1. The van der Waals surface area contributed by atoms with Gasteiger partial charge in [0.2, 0.25) is 0 Å². The Morgan fingerprint density at radius 3 is 3.00 bits per heavy atom. The van der Waals surface area contributed by atoms with Gasteiger partial charge < -0.3 is 4.74 Å². The van der Waals surface area contributed by atoms with Crippen molar-refractivity contribution in [2.45, 2.75) is 13.7 Å². The van der Waals surface area contributed by atoms with Crippen LogP contribution in [0, 0.1) is 6.92 Å². The standard InChI is InChI=1S/C5H9N3O/c1-5-6-3-7-8(5)4-9-2/h3H,4H2,1-2H3. The van der Waals surface area contributed by atoms with E-state index in [4.69, 9.17) is 4.74 Å². The van der Waals surface area contributed by atoms with Crippen molar-refractivity contribution in [1.29, 1.82) is 0 Å². The van der Waals surface area contributed by atoms with E-state index < -0.39 is 0 Å². The Labute approximate surface area is 53.5 Å². The highest BCUT2D eigenvalue weighted by Gasteiger charge is 1.93. The molecule has 1 heterocycles. The molecule has 1 rings (SSSR count). The summed E-state index contributed by atoms with van der Waals surface area (Å²) in [5.41, 5.74) is 0. The molecule has 0 bridgehead atoms. The Hall–Kier alpha value is -0.900. The monoisotopic (exact) mass is 127 g/mol. The summed E-state index contributed by atoms with van der Waals surface area (Å²) in [6.07, 6.45) is 1.51. The predicted molar refractivity (Wildman–Crippen MR) is 31.8 cm³/mol. The molecule has 0 aliphatic carbocycles. The first-order valence-corrected chi connectivity index (χ1v) is 2.68. The highest BCUT2D eigenvalue weighted by Crippen LogP contribution is 1.88. The molecule has 0 unspecified atom stereocenters. The molecule has 0 aromatic carbocycles. The summed E-state index contributed by atoms with van der Waals surface area (Å²) in [5, 5.41) is 3.89. The van der Waals surface area contributed by atoms with Crippen molar-refractivity contribution in [3.05, 3.63) is 12.2 Å². The van der Waals surface area contributed by atoms with E-state index in [0.29, 0.717) is 6.73 Å². The number of aromatic nitrogens is 3. The molecular weight excluding hydrogens is 118 g/mol. The van der Waals surface area contributed by atoms with Gasteiger partial charge in [-0.25, -0.2) is 9.67 Å². The normalized spacial score (nSPS) is 10.0. The van der Waals surface area contributed by atoms with Crippen LogP contribution in [0.4, 0.5) is 0 Å². The molecule has 0 aliphatic heterocycles. The van der Waals surface area contributed by atoms with Crippen LogP contribution in [0.1, 0.15) is 5.82 Å². The molecular formula is C5H9N3O. The van der Waals surface area contributed by atoms with E-state index in [0.717, 1.165) is 5.82 Å². The van der Waals surface area contributed by atoms with Crippen LogP contribution in [0.25, 0.3) is 0 Å². The molecule has 0 aliphatic rings. The summed E-state index contributed by atoms with van der Waals surface area (Å²) in [6, 6.07) is 0. The van der Waals surface area contributed by atoms with Gasteiger partial charge in [-0.05, 0) is 6.92 Å². The Bertz CT molecular complexity index is 184. The number of ether oxygens (including phenoxy) is 1. The van der Waals surface area contributed by atoms with Crippen LogP contribution in [-0.4, -0.2) is 21.9 Å². The third kappa shape index (κ3) is 1.26. The number of nitrogens with zero attached hydrogens (tertiary/aromatic N) is 3. The lowest BCUT2D eigenvalue weighted by Crippen LogP contribution is -2.03. The number of methoxy groups -OCH3 is 1. The van der Waals surface area contributed by atoms with Gasteiger partial charge in [0.05, 0.1) is 0 Å². The third-order valence-electron chi connectivity index (χ3n) is 1.06. The van der Waals surface area contributed by atoms with Crippen LogP contribution >= 0.6 is 0 Å². The van der Waals surface area contributed by atoms with E-state index in [-0.39, 0.29) is 0 Å². The second-order valence-electron chi connectivity index (χ2n) is 1.72. The Kier molecular flexibility index (Phi) is 1.79. The second-order valence-corrected chi connectivity index (χ2v) is 1.72. The Morgan fingerprint density at radius 1 is 1.78 bits per heavy atom. The molecule has 9 heavy (non-hydrogen) atoms. The zero-order chi connectivity index (χ0) is 6.69. The van der Waals surface area contributed by atoms with Crippen LogP contribution in [-0.2, 0) is 11.5 Å². The summed E-state index contributed by atoms with van der Waals surface area (Å²) >= 11 is 0. The summed E-state index contributed by atoms with van der Waals surface area (Å²) in [6.45, 7) is 2.36. The van der Waals surface area contributed by atoms with Crippen LogP contribution in [0.2, 0.25) is 0 Å². The molecule has 4 heteroatoms. The van der Waals surface area contributed by atoms with Crippen molar-refractivity contribution < 1.29 is 4.74 Å². The molecule has 0 saturated carbocycles. The maximum Gasteiger partial charge on any atom is 0.141 e. The molecule has 0 atom stereocenters. The van der Waals surface area contributed by atoms with Crippen LogP contribution in [0.5, 0.6) is 0 Å². The van der Waals surface area contributed by atoms with Gasteiger partial charge in [-0.3, -0.25) is 0 Å². The molecule has 0 N–H and O–H groups in total. The molecule has 0 fully saturated rings. The minimum Gasteiger partial charge on any atom is -0.362 e. The van der Waals surface area contributed by atoms with Crippen molar-refractivity contribution in [1.82, 2.24) is 14.8 Å². The molecule has 0 amide bonds. The minimum atomic E-state index is 0.478. The summed E-state index contributed by atoms with van der Waals surface area (Å²) in [5.74, 6) is 0.872. The molecule has 0 spiro atoms. The summed E-state index contributed by atoms with van der Waals surface area (Å²) < 4.78 is 6.51. The summed E-state index contributed by atoms with van der Waals surface area (Å²) in [4.78, 5) is 3.91. The zero-order valence-corrected chi connectivity index (χ0v) is 5.53. The molecule has 4 nitrogen and oxygen atoms in total. The largest absolute Gasteiger partial charge is 0.362 e. The smallest absolute Gasteiger partial charge is 0.141 e. The van der Waals surface area contributed by atoms with Gasteiger partial charge in [-0.1, -0.05) is 0 Å². The van der Waals surface area contributed by atoms with Crippen LogP contribution < -0.4 is 0 Å². The number of rotatable bonds is 2. The van der Waals surface area contributed by atoms with Crippen LogP contribution in [0.15, 0.2) is 6.33 Å². The number of hydrogen-bond donors (Lipinski definition) is 0. The number of hydrogen-bond acceptors (Lipinski definition) is 3. The van der Waals surface area contributed by atoms with Crippen molar-refractivity contribution in [2.24, 2.45) is 0 Å². The average Bonchev–Trinajstić information content (AvgIpc) is 2.18. The van der Waals surface area contributed by atoms with Crippen molar-refractivity contribution in [3.8, 4) is 0 Å². The zero-order valence-electron chi connectivity index (χ0n) is 5.53. The van der Waals surface area contributed by atoms with E-state index in [1.54, 1.807) is 11.8 Å². The minimum absolute atomic E-state index is 0.478. The lowest BCUT2D eigenvalue weighted by Gasteiger charge is -1.97. The first-order chi connectivity index (χ1) is 4.34. The lowest BCUT2D eigenvalue weighted by atomic mass is 10.7. The second kappa shape index (κ2) is 2.59. The third-order valence-corrected chi connectivity index (χ3v) is 1.06. The van der Waals surface area contributed by atoms with Gasteiger partial charge >= 0.3 is 0 Å².